The number of hydrogen-bond acceptors (Lipinski definition) is 4. The van der Waals surface area contributed by atoms with Gasteiger partial charge in [-0.3, -0.25) is 14.7 Å². The van der Waals surface area contributed by atoms with Crippen molar-refractivity contribution in [2.75, 3.05) is 13.2 Å². The Morgan fingerprint density at radius 3 is 2.85 bits per heavy atom. The lowest BCUT2D eigenvalue weighted by atomic mass is 9.99. The predicted molar refractivity (Wildman–Crippen MR) is 95.0 cm³/mol. The number of carboxylic acid groups (broad SMARTS) is 1. The number of nitrogens with one attached hydrogen (secondary N) is 2. The van der Waals surface area contributed by atoms with Crippen LogP contribution in [0.5, 0.6) is 0 Å². The van der Waals surface area contributed by atoms with Crippen molar-refractivity contribution >= 4 is 11.9 Å². The van der Waals surface area contributed by atoms with Gasteiger partial charge < -0.3 is 15.2 Å². The van der Waals surface area contributed by atoms with Crippen LogP contribution in [-0.4, -0.2) is 46.4 Å². The molecule has 1 aromatic carbocycles. The van der Waals surface area contributed by atoms with E-state index in [2.05, 4.69) is 15.5 Å². The summed E-state index contributed by atoms with van der Waals surface area (Å²) in [4.78, 5) is 23.7. The number of carboxylic acids is 1. The maximum atomic E-state index is 12.8. The molecule has 7 nitrogen and oxygen atoms in total. The van der Waals surface area contributed by atoms with Gasteiger partial charge in [-0.25, -0.2) is 0 Å². The Bertz CT molecular complexity index is 738. The fourth-order valence-corrected chi connectivity index (χ4v) is 3.24. The molecule has 7 heteroatoms. The Hall–Kier alpha value is -2.67. The highest BCUT2D eigenvalue weighted by molar-refractivity contribution is 5.95. The molecule has 1 aromatic heterocycles. The lowest BCUT2D eigenvalue weighted by molar-refractivity contribution is -0.137. The largest absolute Gasteiger partial charge is 0.481 e. The Labute approximate surface area is 151 Å². The third-order valence-corrected chi connectivity index (χ3v) is 4.62. The number of hydrogen-bond donors (Lipinski definition) is 3. The number of amides is 1. The smallest absolute Gasteiger partial charge is 0.303 e. The van der Waals surface area contributed by atoms with Crippen molar-refractivity contribution in [2.24, 2.45) is 0 Å². The van der Waals surface area contributed by atoms with Crippen LogP contribution in [0.15, 0.2) is 36.5 Å². The number of aliphatic carboxylic acids is 1. The number of ether oxygens (including phenoxy) is 1. The van der Waals surface area contributed by atoms with Crippen LogP contribution >= 0.6 is 0 Å². The predicted octanol–water partition coefficient (Wildman–Crippen LogP) is 2.12. The third-order valence-electron chi connectivity index (χ3n) is 4.62. The maximum absolute atomic E-state index is 12.8. The van der Waals surface area contributed by atoms with E-state index in [0.29, 0.717) is 31.6 Å². The van der Waals surface area contributed by atoms with Crippen LogP contribution in [0.2, 0.25) is 0 Å². The number of rotatable bonds is 8. The molecule has 2 aromatic rings. The van der Waals surface area contributed by atoms with Crippen LogP contribution in [0.25, 0.3) is 0 Å². The van der Waals surface area contributed by atoms with Gasteiger partial charge in [0.05, 0.1) is 24.1 Å². The summed E-state index contributed by atoms with van der Waals surface area (Å²) in [7, 11) is 0. The van der Waals surface area contributed by atoms with Gasteiger partial charge in [-0.05, 0) is 24.8 Å². The SMILES string of the molecule is O=C(O)CCC(Cc1ccccc1)NC(=O)c1cn[nH]c1C1CCOC1. The molecule has 1 fully saturated rings. The van der Waals surface area contributed by atoms with Crippen LogP contribution in [0.1, 0.15) is 46.8 Å². The van der Waals surface area contributed by atoms with E-state index in [1.807, 2.05) is 30.3 Å². The Kier molecular flexibility index (Phi) is 6.01. The van der Waals surface area contributed by atoms with Gasteiger partial charge >= 0.3 is 5.97 Å². The summed E-state index contributed by atoms with van der Waals surface area (Å²) in [5, 5.41) is 18.9. The van der Waals surface area contributed by atoms with Crippen LogP contribution in [0.4, 0.5) is 0 Å². The molecule has 138 valence electrons. The first-order chi connectivity index (χ1) is 12.6. The zero-order chi connectivity index (χ0) is 18.4. The first-order valence-corrected chi connectivity index (χ1v) is 8.81. The van der Waals surface area contributed by atoms with E-state index < -0.39 is 5.97 Å². The van der Waals surface area contributed by atoms with Crippen molar-refractivity contribution in [1.29, 1.82) is 0 Å². The van der Waals surface area contributed by atoms with E-state index in [-0.39, 0.29) is 24.3 Å². The number of carbonyl (C=O) groups is 2. The Balaban J connectivity index is 1.70. The Morgan fingerprint density at radius 1 is 1.35 bits per heavy atom. The fourth-order valence-electron chi connectivity index (χ4n) is 3.24. The van der Waals surface area contributed by atoms with E-state index in [1.54, 1.807) is 0 Å². The van der Waals surface area contributed by atoms with Crippen molar-refractivity contribution < 1.29 is 19.4 Å². The lowest BCUT2D eigenvalue weighted by Gasteiger charge is -2.19. The fraction of sp³-hybridized carbons (Fsp3) is 0.421. The van der Waals surface area contributed by atoms with Crippen LogP contribution in [-0.2, 0) is 16.0 Å². The highest BCUT2D eigenvalue weighted by Crippen LogP contribution is 2.26. The second-order valence-corrected chi connectivity index (χ2v) is 6.55. The summed E-state index contributed by atoms with van der Waals surface area (Å²) in [5.74, 6) is -0.957. The summed E-state index contributed by atoms with van der Waals surface area (Å²) < 4.78 is 5.40. The van der Waals surface area contributed by atoms with Crippen molar-refractivity contribution in [2.45, 2.75) is 37.6 Å². The summed E-state index contributed by atoms with van der Waals surface area (Å²) in [6.07, 6.45) is 3.34. The monoisotopic (exact) mass is 357 g/mol. The molecule has 0 spiro atoms. The van der Waals surface area contributed by atoms with Crippen molar-refractivity contribution in [3.05, 3.63) is 53.3 Å². The van der Waals surface area contributed by atoms with Crippen molar-refractivity contribution in [3.63, 3.8) is 0 Å². The number of nitrogens with zero attached hydrogens (tertiary/aromatic N) is 1. The molecule has 0 saturated carbocycles. The number of aromatic amines is 1. The average molecular weight is 357 g/mol. The molecule has 2 unspecified atom stereocenters. The number of H-pyrrole nitrogens is 1. The Morgan fingerprint density at radius 2 is 2.15 bits per heavy atom. The maximum Gasteiger partial charge on any atom is 0.303 e. The standard InChI is InChI=1S/C19H23N3O4/c23-17(24)7-6-15(10-13-4-2-1-3-5-13)21-19(25)16-11-20-22-18(16)14-8-9-26-12-14/h1-5,11,14-15H,6-10,12H2,(H,20,22)(H,21,25)(H,23,24). The molecular weight excluding hydrogens is 334 g/mol. The van der Waals surface area contributed by atoms with Crippen molar-refractivity contribution in [1.82, 2.24) is 15.5 Å². The van der Waals surface area contributed by atoms with Gasteiger partial charge in [-0.15, -0.1) is 0 Å². The van der Waals surface area contributed by atoms with Gasteiger partial charge in [0.2, 0.25) is 0 Å². The third kappa shape index (κ3) is 4.70. The van der Waals surface area contributed by atoms with E-state index in [9.17, 15) is 9.59 Å². The van der Waals surface area contributed by atoms with Gasteiger partial charge in [0.25, 0.3) is 5.91 Å². The minimum absolute atomic E-state index is 0.00644. The van der Waals surface area contributed by atoms with Gasteiger partial charge in [-0.1, -0.05) is 30.3 Å². The van der Waals surface area contributed by atoms with Crippen LogP contribution in [0, 0.1) is 0 Å². The molecule has 26 heavy (non-hydrogen) atoms. The zero-order valence-electron chi connectivity index (χ0n) is 14.5. The molecule has 1 amide bonds. The first-order valence-electron chi connectivity index (χ1n) is 8.81. The summed E-state index contributed by atoms with van der Waals surface area (Å²) in [6.45, 7) is 1.26. The van der Waals surface area contributed by atoms with E-state index >= 15 is 0 Å². The van der Waals surface area contributed by atoms with Crippen LogP contribution in [0.3, 0.4) is 0 Å². The molecule has 0 aliphatic carbocycles. The molecule has 1 aliphatic heterocycles. The average Bonchev–Trinajstić information content (AvgIpc) is 3.31. The molecule has 3 rings (SSSR count). The second kappa shape index (κ2) is 8.62. The molecule has 0 bridgehead atoms. The summed E-state index contributed by atoms with van der Waals surface area (Å²) in [6, 6.07) is 9.47. The normalized spacial score (nSPS) is 17.8. The van der Waals surface area contributed by atoms with E-state index in [0.717, 1.165) is 17.7 Å². The highest BCUT2D eigenvalue weighted by atomic mass is 16.5. The quantitative estimate of drug-likeness (QED) is 0.671. The number of aromatic nitrogens is 2. The first kappa shape index (κ1) is 18.1. The number of benzene rings is 1. The highest BCUT2D eigenvalue weighted by Gasteiger charge is 2.26. The van der Waals surface area contributed by atoms with Crippen molar-refractivity contribution in [3.8, 4) is 0 Å². The molecule has 2 heterocycles. The molecule has 0 radical (unpaired) electrons. The summed E-state index contributed by atoms with van der Waals surface area (Å²) >= 11 is 0. The van der Waals surface area contributed by atoms with Crippen LogP contribution < -0.4 is 5.32 Å². The second-order valence-electron chi connectivity index (χ2n) is 6.55. The lowest BCUT2D eigenvalue weighted by Crippen LogP contribution is -2.37. The van der Waals surface area contributed by atoms with E-state index in [1.165, 1.54) is 6.20 Å². The summed E-state index contributed by atoms with van der Waals surface area (Å²) in [5.41, 5.74) is 2.35. The zero-order valence-corrected chi connectivity index (χ0v) is 14.5. The minimum Gasteiger partial charge on any atom is -0.481 e. The molecule has 1 saturated heterocycles. The van der Waals surface area contributed by atoms with E-state index in [4.69, 9.17) is 9.84 Å². The molecule has 1 aliphatic rings. The minimum atomic E-state index is -0.871. The number of carbonyl (C=O) groups excluding carboxylic acids is 1. The topological polar surface area (TPSA) is 104 Å². The van der Waals surface area contributed by atoms with Gasteiger partial charge in [0.15, 0.2) is 0 Å². The molecular formula is C19H23N3O4. The molecule has 3 N–H and O–H groups in total. The van der Waals surface area contributed by atoms with Gasteiger partial charge in [0.1, 0.15) is 0 Å². The van der Waals surface area contributed by atoms with Gasteiger partial charge in [-0.2, -0.15) is 5.10 Å². The molecule has 2 atom stereocenters. The van der Waals surface area contributed by atoms with Gasteiger partial charge in [0, 0.05) is 25.0 Å².